The summed E-state index contributed by atoms with van der Waals surface area (Å²) in [6, 6.07) is 15.0. The molecule has 0 aromatic heterocycles. The van der Waals surface area contributed by atoms with Crippen LogP contribution in [0.3, 0.4) is 0 Å². The lowest BCUT2D eigenvalue weighted by molar-refractivity contribution is -0.346. The maximum Gasteiger partial charge on any atom is 0.338 e. The predicted molar refractivity (Wildman–Crippen MR) is 225 cm³/mol. The topological polar surface area (TPSA) is 245 Å². The van der Waals surface area contributed by atoms with E-state index in [0.717, 1.165) is 6.92 Å². The minimum atomic E-state index is -2.41. The van der Waals surface area contributed by atoms with Crippen LogP contribution < -0.4 is 5.32 Å². The molecule has 1 saturated heterocycles. The van der Waals surface area contributed by atoms with Crippen molar-refractivity contribution in [1.29, 1.82) is 5.26 Å². The Balaban J connectivity index is 1.50. The van der Waals surface area contributed by atoms with Crippen molar-refractivity contribution in [1.82, 2.24) is 5.32 Å². The van der Waals surface area contributed by atoms with Crippen LogP contribution in [0.25, 0.3) is 0 Å². The van der Waals surface area contributed by atoms with Gasteiger partial charge in [-0.15, -0.1) is 0 Å². The van der Waals surface area contributed by atoms with Crippen LogP contribution in [0.2, 0.25) is 0 Å². The normalized spacial score (nSPS) is 31.5. The fraction of sp³-hybridized carbons (Fsp3) is 0.521. The Bertz CT molecular complexity index is 2320. The number of fused-ring (bicyclic) bond motifs is 5. The molecule has 64 heavy (non-hydrogen) atoms. The Labute approximate surface area is 371 Å². The van der Waals surface area contributed by atoms with E-state index in [1.54, 1.807) is 57.2 Å². The molecule has 2 aromatic carbocycles. The average molecular weight is 885 g/mol. The van der Waals surface area contributed by atoms with E-state index < -0.39 is 119 Å². The Morgan fingerprint density at radius 1 is 1.02 bits per heavy atom. The molecule has 16 nitrogen and oxygen atoms in total. The third kappa shape index (κ3) is 8.15. The molecule has 1 heterocycles. The maximum absolute atomic E-state index is 15.4. The number of benzene rings is 2. The van der Waals surface area contributed by atoms with Crippen molar-refractivity contribution in [3.8, 4) is 6.07 Å². The van der Waals surface area contributed by atoms with E-state index in [-0.39, 0.29) is 41.7 Å². The zero-order valence-electron chi connectivity index (χ0n) is 37.2. The number of aliphatic hydroxyl groups excluding tert-OH is 2. The van der Waals surface area contributed by atoms with Crippen LogP contribution >= 0.6 is 0 Å². The van der Waals surface area contributed by atoms with Crippen LogP contribution in [0.4, 0.5) is 0 Å². The molecule has 1 aliphatic heterocycles. The van der Waals surface area contributed by atoms with Gasteiger partial charge in [-0.25, -0.2) is 4.79 Å². The van der Waals surface area contributed by atoms with E-state index in [1.165, 1.54) is 52.0 Å². The molecule has 6 rings (SSSR count). The highest BCUT2D eigenvalue weighted by Gasteiger charge is 2.78. The Hall–Kier alpha value is -5.73. The van der Waals surface area contributed by atoms with Crippen LogP contribution in [-0.4, -0.2) is 105 Å². The van der Waals surface area contributed by atoms with Gasteiger partial charge in [0, 0.05) is 37.2 Å². The van der Waals surface area contributed by atoms with Crippen molar-refractivity contribution in [3.05, 3.63) is 94.1 Å². The van der Waals surface area contributed by atoms with Crippen LogP contribution in [0.15, 0.2) is 77.4 Å². The van der Waals surface area contributed by atoms with E-state index in [4.69, 9.17) is 23.7 Å². The lowest BCUT2D eigenvalue weighted by atomic mass is 9.44. The quantitative estimate of drug-likeness (QED) is 0.102. The molecular formula is C48H56N2O14. The number of amides is 1. The summed E-state index contributed by atoms with van der Waals surface area (Å²) in [5.41, 5.74) is -6.96. The SMILES string of the molecule is C/C=C(\C)C(=O)N[C@@H](c1ccccc1)[C@@H](O)CC(=O)O[C@H]1C[C@@]2(O)[C@@H](OC(=O)c3cccc(C#N)c3)C3[C@](C)(C(=O)[C@H](O)C(=C1C)C2(C)C)[C@@H](OC(=O)CC)C[C@H]1OC[C@@]31OC(C)=O. The third-order valence-corrected chi connectivity index (χ3v) is 13.9. The van der Waals surface area contributed by atoms with Crippen molar-refractivity contribution >= 4 is 35.6 Å². The van der Waals surface area contributed by atoms with Gasteiger partial charge in [0.25, 0.3) is 0 Å². The number of esters is 4. The fourth-order valence-electron chi connectivity index (χ4n) is 10.3. The number of hydrogen-bond acceptors (Lipinski definition) is 15. The molecule has 2 bridgehead atoms. The number of ether oxygens (including phenoxy) is 5. The number of nitrogens with zero attached hydrogens (tertiary/aromatic N) is 1. The second-order valence-electron chi connectivity index (χ2n) is 17.9. The predicted octanol–water partition coefficient (Wildman–Crippen LogP) is 4.04. The Morgan fingerprint density at radius 3 is 2.30 bits per heavy atom. The smallest absolute Gasteiger partial charge is 0.338 e. The maximum atomic E-state index is 15.4. The van der Waals surface area contributed by atoms with Gasteiger partial charge in [-0.05, 0) is 62.6 Å². The molecule has 11 atom stereocenters. The highest BCUT2D eigenvalue weighted by Crippen LogP contribution is 2.64. The van der Waals surface area contributed by atoms with Gasteiger partial charge < -0.3 is 44.3 Å². The fourth-order valence-corrected chi connectivity index (χ4v) is 10.3. The molecule has 3 fully saturated rings. The summed E-state index contributed by atoms with van der Waals surface area (Å²) in [4.78, 5) is 83.0. The van der Waals surface area contributed by atoms with Crippen molar-refractivity contribution in [3.63, 3.8) is 0 Å². The number of nitriles is 1. The molecular weight excluding hydrogens is 829 g/mol. The van der Waals surface area contributed by atoms with Gasteiger partial charge in [0.2, 0.25) is 5.91 Å². The average Bonchev–Trinajstić information content (AvgIpc) is 3.25. The minimum absolute atomic E-state index is 0.0675. The van der Waals surface area contributed by atoms with Gasteiger partial charge >= 0.3 is 23.9 Å². The van der Waals surface area contributed by atoms with Crippen LogP contribution in [0.5, 0.6) is 0 Å². The number of hydrogen-bond donors (Lipinski definition) is 4. The van der Waals surface area contributed by atoms with Gasteiger partial charge in [0.1, 0.15) is 36.1 Å². The molecule has 2 aromatic rings. The first-order valence-corrected chi connectivity index (χ1v) is 21.3. The zero-order valence-corrected chi connectivity index (χ0v) is 37.2. The molecule has 4 N–H and O–H groups in total. The number of carbonyl (C=O) groups excluding carboxylic acids is 6. The number of carbonyl (C=O) groups is 6. The van der Waals surface area contributed by atoms with Gasteiger partial charge in [0.05, 0.1) is 53.7 Å². The second kappa shape index (κ2) is 18.0. The van der Waals surface area contributed by atoms with Crippen molar-refractivity contribution in [2.45, 2.75) is 135 Å². The van der Waals surface area contributed by atoms with E-state index in [2.05, 4.69) is 5.32 Å². The van der Waals surface area contributed by atoms with E-state index in [0.29, 0.717) is 11.1 Å². The summed E-state index contributed by atoms with van der Waals surface area (Å²) < 4.78 is 30.5. The first-order valence-electron chi connectivity index (χ1n) is 21.3. The number of Topliss-reactive ketones (excluding diaryl/α,β-unsaturated/α-hetero) is 1. The van der Waals surface area contributed by atoms with E-state index in [9.17, 15) is 44.6 Å². The van der Waals surface area contributed by atoms with Gasteiger partial charge in [-0.2, -0.15) is 5.26 Å². The number of aliphatic hydroxyl groups is 3. The minimum Gasteiger partial charge on any atom is -0.461 e. The molecule has 0 radical (unpaired) electrons. The van der Waals surface area contributed by atoms with Gasteiger partial charge in [-0.1, -0.05) is 63.2 Å². The molecule has 16 heteroatoms. The second-order valence-corrected chi connectivity index (χ2v) is 17.9. The summed E-state index contributed by atoms with van der Waals surface area (Å²) in [5, 5.41) is 50.1. The van der Waals surface area contributed by atoms with Crippen molar-refractivity contribution in [2.24, 2.45) is 16.7 Å². The monoisotopic (exact) mass is 884 g/mol. The van der Waals surface area contributed by atoms with Crippen LogP contribution in [0, 0.1) is 28.1 Å². The molecule has 2 saturated carbocycles. The molecule has 1 unspecified atom stereocenters. The molecule has 0 spiro atoms. The molecule has 4 aliphatic rings. The van der Waals surface area contributed by atoms with Crippen molar-refractivity contribution < 1.29 is 67.8 Å². The zero-order chi connectivity index (χ0) is 47.1. The number of allylic oxidation sites excluding steroid dienone is 1. The van der Waals surface area contributed by atoms with Gasteiger partial charge in [0.15, 0.2) is 11.4 Å². The Kier molecular flexibility index (Phi) is 13.5. The highest BCUT2D eigenvalue weighted by molar-refractivity contribution is 5.95. The van der Waals surface area contributed by atoms with E-state index >= 15 is 4.79 Å². The summed E-state index contributed by atoms with van der Waals surface area (Å²) in [7, 11) is 0. The van der Waals surface area contributed by atoms with Crippen molar-refractivity contribution in [2.75, 3.05) is 6.61 Å². The largest absolute Gasteiger partial charge is 0.461 e. The summed E-state index contributed by atoms with van der Waals surface area (Å²) in [6.45, 7) is 11.6. The molecule has 3 aliphatic carbocycles. The lowest BCUT2D eigenvalue weighted by Gasteiger charge is -2.67. The number of nitrogens with one attached hydrogen (secondary N) is 1. The first-order chi connectivity index (χ1) is 30.1. The molecule has 342 valence electrons. The lowest BCUT2D eigenvalue weighted by Crippen LogP contribution is -2.82. The molecule has 1 amide bonds. The van der Waals surface area contributed by atoms with Gasteiger partial charge in [-0.3, -0.25) is 24.0 Å². The summed E-state index contributed by atoms with van der Waals surface area (Å²) in [5.74, 6) is -6.51. The third-order valence-electron chi connectivity index (χ3n) is 13.9. The highest BCUT2D eigenvalue weighted by atomic mass is 16.6. The summed E-state index contributed by atoms with van der Waals surface area (Å²) in [6.07, 6.45) is -9.15. The van der Waals surface area contributed by atoms with Crippen LogP contribution in [0.1, 0.15) is 109 Å². The van der Waals surface area contributed by atoms with Crippen LogP contribution in [-0.2, 0) is 47.7 Å². The Morgan fingerprint density at radius 2 is 1.70 bits per heavy atom. The van der Waals surface area contributed by atoms with E-state index in [1.807, 2.05) is 6.07 Å². The summed E-state index contributed by atoms with van der Waals surface area (Å²) >= 11 is 0. The standard InChI is InChI=1S/C48H56N2O14/c1-9-25(3)43(57)50-38(29-16-12-11-13-17-29)31(52)20-36(54)61-32-22-48(59)42(63-44(58)30-18-14-15-28(19-30)23-49)40-46(8,41(56)39(55)37(26(32)4)45(48,6)7)33(62-35(53)10-2)21-34-47(40,24-60-34)64-27(5)51/h9,11-19,31-34,38-40,42,52,55,59H,10,20-22,24H2,1-8H3,(H,50,57)/b25-9+/t31-,32-,33-,34+,38-,39+,40?,42-,46+,47-,48+/m0/s1. The number of rotatable bonds is 12. The first kappa shape index (κ1) is 47.7. The number of ketones is 1.